The molecule has 0 saturated carbocycles. The molecule has 1 aliphatic heterocycles. The van der Waals surface area contributed by atoms with E-state index >= 15 is 0 Å². The normalized spacial score (nSPS) is 19.8. The van der Waals surface area contributed by atoms with Gasteiger partial charge in [-0.25, -0.2) is 0 Å². The molecule has 0 bridgehead atoms. The Morgan fingerprint density at radius 1 is 1.04 bits per heavy atom. The van der Waals surface area contributed by atoms with Crippen molar-refractivity contribution in [3.8, 4) is 5.75 Å². The van der Waals surface area contributed by atoms with E-state index < -0.39 is 6.04 Å². The van der Waals surface area contributed by atoms with Crippen molar-refractivity contribution in [2.75, 3.05) is 13.6 Å². The first-order valence-electron chi connectivity index (χ1n) is 7.98. The predicted octanol–water partition coefficient (Wildman–Crippen LogP) is 2.09. The van der Waals surface area contributed by atoms with Gasteiger partial charge in [0.05, 0.1) is 6.54 Å². The van der Waals surface area contributed by atoms with Crippen LogP contribution in [0.15, 0.2) is 60.7 Å². The quantitative estimate of drug-likeness (QED) is 0.937. The van der Waals surface area contributed by atoms with Gasteiger partial charge in [0.1, 0.15) is 17.9 Å². The van der Waals surface area contributed by atoms with Crippen molar-refractivity contribution in [1.82, 2.24) is 10.2 Å². The summed E-state index contributed by atoms with van der Waals surface area (Å²) in [6, 6.07) is 17.9. The van der Waals surface area contributed by atoms with E-state index in [1.54, 1.807) is 24.1 Å². The predicted molar refractivity (Wildman–Crippen MR) is 90.8 cm³/mol. The molecule has 1 N–H and O–H groups in total. The molecular formula is C19H20N2O3. The Morgan fingerprint density at radius 2 is 1.67 bits per heavy atom. The summed E-state index contributed by atoms with van der Waals surface area (Å²) in [7, 11) is 1.58. The van der Waals surface area contributed by atoms with Gasteiger partial charge in [0.25, 0.3) is 5.91 Å². The maximum Gasteiger partial charge on any atom is 0.254 e. The molecule has 124 valence electrons. The number of nitrogens with zero attached hydrogens (tertiary/aromatic N) is 1. The number of carbonyl (C=O) groups excluding carboxylic acids is 2. The smallest absolute Gasteiger partial charge is 0.254 e. The van der Waals surface area contributed by atoms with Gasteiger partial charge in [0.15, 0.2) is 0 Å². The molecule has 0 aliphatic carbocycles. The van der Waals surface area contributed by atoms with E-state index in [1.165, 1.54) is 0 Å². The van der Waals surface area contributed by atoms with Crippen molar-refractivity contribution >= 4 is 11.8 Å². The van der Waals surface area contributed by atoms with E-state index in [9.17, 15) is 9.59 Å². The van der Waals surface area contributed by atoms with Gasteiger partial charge in [-0.05, 0) is 24.3 Å². The molecule has 24 heavy (non-hydrogen) atoms. The lowest BCUT2D eigenvalue weighted by atomic mass is 10.1. The number of hydrogen-bond acceptors (Lipinski definition) is 3. The fourth-order valence-electron chi connectivity index (χ4n) is 2.96. The Balaban J connectivity index is 1.78. The SMILES string of the molecule is CNC(=O)[C@H]1C[C@H](Oc2ccccc2)CN1C(=O)c1ccccc1. The minimum atomic E-state index is -0.517. The summed E-state index contributed by atoms with van der Waals surface area (Å²) in [6.07, 6.45) is 0.273. The van der Waals surface area contributed by atoms with Crippen LogP contribution in [0, 0.1) is 0 Å². The van der Waals surface area contributed by atoms with Crippen molar-refractivity contribution in [3.05, 3.63) is 66.2 Å². The molecule has 2 aromatic rings. The highest BCUT2D eigenvalue weighted by Gasteiger charge is 2.40. The van der Waals surface area contributed by atoms with E-state index in [1.807, 2.05) is 48.5 Å². The number of rotatable bonds is 4. The zero-order chi connectivity index (χ0) is 16.9. The van der Waals surface area contributed by atoms with Crippen molar-refractivity contribution in [3.63, 3.8) is 0 Å². The van der Waals surface area contributed by atoms with Gasteiger partial charge in [0, 0.05) is 19.0 Å². The molecule has 1 aliphatic rings. The molecular weight excluding hydrogens is 304 g/mol. The van der Waals surface area contributed by atoms with E-state index in [2.05, 4.69) is 5.32 Å². The first-order valence-corrected chi connectivity index (χ1v) is 7.98. The fraction of sp³-hybridized carbons (Fsp3) is 0.263. The molecule has 1 fully saturated rings. The highest BCUT2D eigenvalue weighted by atomic mass is 16.5. The number of benzene rings is 2. The number of nitrogens with one attached hydrogen (secondary N) is 1. The molecule has 2 aromatic carbocycles. The van der Waals surface area contributed by atoms with Crippen LogP contribution in [0.1, 0.15) is 16.8 Å². The van der Waals surface area contributed by atoms with E-state index in [4.69, 9.17) is 4.74 Å². The highest BCUT2D eigenvalue weighted by Crippen LogP contribution is 2.25. The number of amides is 2. The third-order valence-corrected chi connectivity index (χ3v) is 4.14. The van der Waals surface area contributed by atoms with Gasteiger partial charge >= 0.3 is 0 Å². The topological polar surface area (TPSA) is 58.6 Å². The second kappa shape index (κ2) is 7.17. The van der Waals surface area contributed by atoms with Gasteiger partial charge in [-0.1, -0.05) is 36.4 Å². The van der Waals surface area contributed by atoms with Crippen LogP contribution in [0.25, 0.3) is 0 Å². The van der Waals surface area contributed by atoms with Gasteiger partial charge in [-0.15, -0.1) is 0 Å². The maximum atomic E-state index is 12.8. The third-order valence-electron chi connectivity index (χ3n) is 4.14. The summed E-state index contributed by atoms with van der Waals surface area (Å²) in [4.78, 5) is 26.6. The second-order valence-electron chi connectivity index (χ2n) is 5.74. The molecule has 5 heteroatoms. The van der Waals surface area contributed by atoms with Crippen LogP contribution in [0.2, 0.25) is 0 Å². The molecule has 2 atom stereocenters. The zero-order valence-corrected chi connectivity index (χ0v) is 13.5. The zero-order valence-electron chi connectivity index (χ0n) is 13.5. The van der Waals surface area contributed by atoms with E-state index in [-0.39, 0.29) is 17.9 Å². The summed E-state index contributed by atoms with van der Waals surface area (Å²) in [5.74, 6) is 0.425. The molecule has 5 nitrogen and oxygen atoms in total. The summed E-state index contributed by atoms with van der Waals surface area (Å²) in [6.45, 7) is 0.390. The van der Waals surface area contributed by atoms with Crippen molar-refractivity contribution in [2.24, 2.45) is 0 Å². The Hall–Kier alpha value is -2.82. The van der Waals surface area contributed by atoms with Crippen molar-refractivity contribution < 1.29 is 14.3 Å². The Morgan fingerprint density at radius 3 is 2.29 bits per heavy atom. The molecule has 0 unspecified atom stereocenters. The molecule has 0 radical (unpaired) electrons. The van der Waals surface area contributed by atoms with E-state index in [0.717, 1.165) is 5.75 Å². The minimum absolute atomic E-state index is 0.150. The van der Waals surface area contributed by atoms with Crippen LogP contribution in [0.3, 0.4) is 0 Å². The number of ether oxygens (including phenoxy) is 1. The van der Waals surface area contributed by atoms with Gasteiger partial charge in [0.2, 0.25) is 5.91 Å². The van der Waals surface area contributed by atoms with E-state index in [0.29, 0.717) is 18.5 Å². The first-order chi connectivity index (χ1) is 11.7. The summed E-state index contributed by atoms with van der Waals surface area (Å²) in [5.41, 5.74) is 0.576. The average molecular weight is 324 g/mol. The number of hydrogen-bond donors (Lipinski definition) is 1. The van der Waals surface area contributed by atoms with Gasteiger partial charge < -0.3 is 15.0 Å². The van der Waals surface area contributed by atoms with Crippen LogP contribution in [-0.4, -0.2) is 42.5 Å². The monoisotopic (exact) mass is 324 g/mol. The first kappa shape index (κ1) is 16.1. The van der Waals surface area contributed by atoms with Crippen LogP contribution >= 0.6 is 0 Å². The average Bonchev–Trinajstić information content (AvgIpc) is 3.05. The Kier molecular flexibility index (Phi) is 4.79. The Labute approximate surface area is 141 Å². The molecule has 3 rings (SSSR count). The minimum Gasteiger partial charge on any atom is -0.488 e. The lowest BCUT2D eigenvalue weighted by Crippen LogP contribution is -2.44. The van der Waals surface area contributed by atoms with Crippen molar-refractivity contribution in [2.45, 2.75) is 18.6 Å². The molecule has 0 aromatic heterocycles. The molecule has 1 heterocycles. The van der Waals surface area contributed by atoms with Crippen LogP contribution in [-0.2, 0) is 4.79 Å². The fourth-order valence-corrected chi connectivity index (χ4v) is 2.96. The van der Waals surface area contributed by atoms with Crippen LogP contribution in [0.4, 0.5) is 0 Å². The number of likely N-dealkylation sites (N-methyl/N-ethyl adjacent to an activating group) is 1. The van der Waals surface area contributed by atoms with Crippen molar-refractivity contribution in [1.29, 1.82) is 0 Å². The number of para-hydroxylation sites is 1. The Bertz CT molecular complexity index is 703. The summed E-state index contributed by atoms with van der Waals surface area (Å²) in [5, 5.41) is 2.64. The van der Waals surface area contributed by atoms with Crippen LogP contribution < -0.4 is 10.1 Å². The summed E-state index contributed by atoms with van der Waals surface area (Å²) >= 11 is 0. The molecule has 1 saturated heterocycles. The third kappa shape index (κ3) is 3.40. The summed E-state index contributed by atoms with van der Waals surface area (Å²) < 4.78 is 5.94. The lowest BCUT2D eigenvalue weighted by Gasteiger charge is -2.23. The van der Waals surface area contributed by atoms with Gasteiger partial charge in [-0.3, -0.25) is 9.59 Å². The van der Waals surface area contributed by atoms with Crippen LogP contribution in [0.5, 0.6) is 5.75 Å². The highest BCUT2D eigenvalue weighted by molar-refractivity contribution is 5.98. The van der Waals surface area contributed by atoms with Gasteiger partial charge in [-0.2, -0.15) is 0 Å². The molecule has 2 amide bonds. The standard InChI is InChI=1S/C19H20N2O3/c1-20-18(22)17-12-16(24-15-10-6-3-7-11-15)13-21(17)19(23)14-8-4-2-5-9-14/h2-11,16-17H,12-13H2,1H3,(H,20,22)/t16-,17+/m0/s1. The maximum absolute atomic E-state index is 12.8. The molecule has 0 spiro atoms. The largest absolute Gasteiger partial charge is 0.488 e. The number of likely N-dealkylation sites (tertiary alicyclic amines) is 1. The lowest BCUT2D eigenvalue weighted by molar-refractivity contribution is -0.124. The number of carbonyl (C=O) groups is 2. The second-order valence-corrected chi connectivity index (χ2v) is 5.74.